The van der Waals surface area contributed by atoms with E-state index < -0.39 is 10.0 Å². The smallest absolute Gasteiger partial charge is 0.254 e. The molecule has 1 rings (SSSR count). The Balaban J connectivity index is 3.25. The van der Waals surface area contributed by atoms with E-state index in [1.807, 2.05) is 6.92 Å². The van der Waals surface area contributed by atoms with Crippen LogP contribution in [0.5, 0.6) is 0 Å². The van der Waals surface area contributed by atoms with Crippen molar-refractivity contribution in [1.82, 2.24) is 9.29 Å². The lowest BCUT2D eigenvalue weighted by Gasteiger charge is -2.09. The van der Waals surface area contributed by atoms with E-state index in [4.69, 9.17) is 0 Å². The summed E-state index contributed by atoms with van der Waals surface area (Å²) in [5.74, 6) is -0.268. The number of anilines is 1. The molecule has 0 saturated carbocycles. The normalized spacial score (nSPS) is 11.8. The number of rotatable bonds is 4. The van der Waals surface area contributed by atoms with Gasteiger partial charge < -0.3 is 5.32 Å². The number of hydrogen-bond acceptors (Lipinski definition) is 5. The van der Waals surface area contributed by atoms with E-state index in [1.165, 1.54) is 21.0 Å². The first-order valence-corrected chi connectivity index (χ1v) is 7.24. The van der Waals surface area contributed by atoms with Crippen LogP contribution in [-0.2, 0) is 21.2 Å². The van der Waals surface area contributed by atoms with Gasteiger partial charge in [-0.2, -0.15) is 0 Å². The Bertz CT molecular complexity index is 520. The number of nitrogens with one attached hydrogen (secondary N) is 1. The summed E-state index contributed by atoms with van der Waals surface area (Å²) in [4.78, 5) is 15.0. The highest BCUT2D eigenvalue weighted by Gasteiger charge is 2.25. The lowest BCUT2D eigenvalue weighted by molar-refractivity contribution is -0.114. The molecule has 96 valence electrons. The highest BCUT2D eigenvalue weighted by atomic mass is 32.2. The molecule has 0 aliphatic rings. The molecule has 0 radical (unpaired) electrons. The summed E-state index contributed by atoms with van der Waals surface area (Å²) >= 11 is 0.975. The Kier molecular flexibility index (Phi) is 4.23. The molecule has 1 aromatic rings. The van der Waals surface area contributed by atoms with Gasteiger partial charge in [0.25, 0.3) is 10.0 Å². The van der Waals surface area contributed by atoms with Gasteiger partial charge in [0.15, 0.2) is 9.34 Å². The van der Waals surface area contributed by atoms with Crippen LogP contribution in [0.15, 0.2) is 4.21 Å². The third-order valence-electron chi connectivity index (χ3n) is 1.99. The van der Waals surface area contributed by atoms with Gasteiger partial charge in [-0.1, -0.05) is 18.3 Å². The molecular formula is C9H15N3O3S2. The van der Waals surface area contributed by atoms with Gasteiger partial charge in [-0.05, 0) is 6.42 Å². The zero-order valence-electron chi connectivity index (χ0n) is 10.1. The highest BCUT2D eigenvalue weighted by molar-refractivity contribution is 7.91. The summed E-state index contributed by atoms with van der Waals surface area (Å²) in [5, 5.41) is 2.81. The second kappa shape index (κ2) is 5.11. The topological polar surface area (TPSA) is 79.4 Å². The van der Waals surface area contributed by atoms with Crippen molar-refractivity contribution in [2.24, 2.45) is 0 Å². The maximum absolute atomic E-state index is 12.0. The highest BCUT2D eigenvalue weighted by Crippen LogP contribution is 2.29. The minimum Gasteiger partial charge on any atom is -0.302 e. The number of thiazole rings is 1. The lowest BCUT2D eigenvalue weighted by Crippen LogP contribution is -2.22. The molecule has 0 saturated heterocycles. The van der Waals surface area contributed by atoms with Crippen molar-refractivity contribution in [1.29, 1.82) is 0 Å². The van der Waals surface area contributed by atoms with E-state index >= 15 is 0 Å². The number of nitrogens with zero attached hydrogens (tertiary/aromatic N) is 2. The molecule has 1 N–H and O–H groups in total. The van der Waals surface area contributed by atoms with Gasteiger partial charge in [0.2, 0.25) is 5.91 Å². The van der Waals surface area contributed by atoms with Gasteiger partial charge in [-0.3, -0.25) is 4.79 Å². The Morgan fingerprint density at radius 1 is 1.47 bits per heavy atom. The quantitative estimate of drug-likeness (QED) is 0.887. The van der Waals surface area contributed by atoms with Gasteiger partial charge in [0.1, 0.15) is 0 Å². The second-order valence-corrected chi connectivity index (χ2v) is 6.92. The van der Waals surface area contributed by atoms with Crippen molar-refractivity contribution in [3.63, 3.8) is 0 Å². The van der Waals surface area contributed by atoms with Crippen LogP contribution in [0.2, 0.25) is 0 Å². The van der Waals surface area contributed by atoms with E-state index in [2.05, 4.69) is 10.3 Å². The molecule has 0 fully saturated rings. The van der Waals surface area contributed by atoms with Gasteiger partial charge in [0.05, 0.1) is 5.69 Å². The molecule has 8 heteroatoms. The van der Waals surface area contributed by atoms with E-state index in [1.54, 1.807) is 0 Å². The third kappa shape index (κ3) is 3.02. The molecule has 1 aromatic heterocycles. The maximum Gasteiger partial charge on any atom is 0.254 e. The van der Waals surface area contributed by atoms with Crippen LogP contribution in [0, 0.1) is 0 Å². The summed E-state index contributed by atoms with van der Waals surface area (Å²) in [6.45, 7) is 3.18. The fraction of sp³-hybridized carbons (Fsp3) is 0.556. The standard InChI is InChI=1S/C9H15N3O3S2/c1-5-7-8(17(14,15)12(3)4)16-9(11-7)10-6(2)13/h5H2,1-4H3,(H,10,11,13). The number of carbonyl (C=O) groups excluding carboxylic acids is 1. The van der Waals surface area contributed by atoms with Crippen LogP contribution in [0.25, 0.3) is 0 Å². The molecule has 0 aromatic carbocycles. The minimum atomic E-state index is -3.50. The Morgan fingerprint density at radius 3 is 2.47 bits per heavy atom. The van der Waals surface area contributed by atoms with Crippen molar-refractivity contribution >= 4 is 32.4 Å². The van der Waals surface area contributed by atoms with Crippen molar-refractivity contribution in [2.45, 2.75) is 24.5 Å². The molecule has 0 bridgehead atoms. The van der Waals surface area contributed by atoms with Crippen molar-refractivity contribution < 1.29 is 13.2 Å². The minimum absolute atomic E-state index is 0.189. The lowest BCUT2D eigenvalue weighted by atomic mass is 10.4. The first-order valence-electron chi connectivity index (χ1n) is 4.98. The zero-order chi connectivity index (χ0) is 13.2. The summed E-state index contributed by atoms with van der Waals surface area (Å²) in [7, 11) is -0.567. The average Bonchev–Trinajstić information content (AvgIpc) is 2.60. The fourth-order valence-corrected chi connectivity index (χ4v) is 3.89. The molecular weight excluding hydrogens is 262 g/mol. The number of carbonyl (C=O) groups is 1. The second-order valence-electron chi connectivity index (χ2n) is 3.58. The number of hydrogen-bond donors (Lipinski definition) is 1. The molecule has 1 heterocycles. The van der Waals surface area contributed by atoms with Crippen molar-refractivity contribution in [2.75, 3.05) is 19.4 Å². The molecule has 0 spiro atoms. The van der Waals surface area contributed by atoms with Crippen LogP contribution >= 0.6 is 11.3 Å². The molecule has 6 nitrogen and oxygen atoms in total. The third-order valence-corrected chi connectivity index (χ3v) is 5.35. The molecule has 0 atom stereocenters. The van der Waals surface area contributed by atoms with Crippen LogP contribution in [0.1, 0.15) is 19.5 Å². The number of aryl methyl sites for hydroxylation is 1. The van der Waals surface area contributed by atoms with Crippen molar-refractivity contribution in [3.8, 4) is 0 Å². The Labute approximate surface area is 105 Å². The number of sulfonamides is 1. The van der Waals surface area contributed by atoms with Gasteiger partial charge >= 0.3 is 0 Å². The predicted molar refractivity (Wildman–Crippen MR) is 66.7 cm³/mol. The van der Waals surface area contributed by atoms with Gasteiger partial charge in [-0.15, -0.1) is 0 Å². The van der Waals surface area contributed by atoms with Gasteiger partial charge in [-0.25, -0.2) is 17.7 Å². The van der Waals surface area contributed by atoms with E-state index in [0.29, 0.717) is 17.2 Å². The fourth-order valence-electron chi connectivity index (χ4n) is 1.13. The average molecular weight is 277 g/mol. The number of aromatic nitrogens is 1. The SMILES string of the molecule is CCc1nc(NC(C)=O)sc1S(=O)(=O)N(C)C. The van der Waals surface area contributed by atoms with Crippen LogP contribution in [0.4, 0.5) is 5.13 Å². The summed E-state index contributed by atoms with van der Waals surface area (Å²) in [6.07, 6.45) is 0.499. The molecule has 0 aliphatic heterocycles. The first kappa shape index (κ1) is 14.1. The molecule has 0 aliphatic carbocycles. The first-order chi connectivity index (χ1) is 7.78. The monoisotopic (exact) mass is 277 g/mol. The summed E-state index contributed by atoms with van der Waals surface area (Å²) in [5.41, 5.74) is 0.479. The largest absolute Gasteiger partial charge is 0.302 e. The Morgan fingerprint density at radius 2 is 2.06 bits per heavy atom. The van der Waals surface area contributed by atoms with Crippen LogP contribution < -0.4 is 5.32 Å². The van der Waals surface area contributed by atoms with Gasteiger partial charge in [0, 0.05) is 21.0 Å². The maximum atomic E-state index is 12.0. The summed E-state index contributed by atoms with van der Waals surface area (Å²) in [6, 6.07) is 0. The summed E-state index contributed by atoms with van der Waals surface area (Å²) < 4.78 is 25.3. The molecule has 17 heavy (non-hydrogen) atoms. The molecule has 1 amide bonds. The van der Waals surface area contributed by atoms with Crippen LogP contribution in [-0.4, -0.2) is 37.7 Å². The Hall–Kier alpha value is -0.990. The van der Waals surface area contributed by atoms with E-state index in [0.717, 1.165) is 15.6 Å². The van der Waals surface area contributed by atoms with E-state index in [-0.39, 0.29) is 10.1 Å². The molecule has 0 unspecified atom stereocenters. The number of amides is 1. The zero-order valence-corrected chi connectivity index (χ0v) is 11.8. The van der Waals surface area contributed by atoms with Crippen LogP contribution in [0.3, 0.4) is 0 Å². The predicted octanol–water partition coefficient (Wildman–Crippen LogP) is 0.914. The van der Waals surface area contributed by atoms with Crippen molar-refractivity contribution in [3.05, 3.63) is 5.69 Å². The van der Waals surface area contributed by atoms with E-state index in [9.17, 15) is 13.2 Å².